The normalized spacial score (nSPS) is 12.8. The van der Waals surface area contributed by atoms with Crippen LogP contribution in [-0.4, -0.2) is 24.8 Å². The van der Waals surface area contributed by atoms with Gasteiger partial charge in [0.1, 0.15) is 11.3 Å². The second-order valence-electron chi connectivity index (χ2n) is 5.48. The maximum Gasteiger partial charge on any atom is 0.200 e. The van der Waals surface area contributed by atoms with Crippen LogP contribution in [0, 0.1) is 27.7 Å². The Morgan fingerprint density at radius 1 is 1.23 bits per heavy atom. The van der Waals surface area contributed by atoms with Gasteiger partial charge in [-0.2, -0.15) is 9.61 Å². The van der Waals surface area contributed by atoms with Gasteiger partial charge in [0, 0.05) is 4.88 Å². The lowest BCUT2D eigenvalue weighted by molar-refractivity contribution is 0.736. The molecule has 0 aliphatic carbocycles. The maximum atomic E-state index is 4.69. The number of nitrogens with one attached hydrogen (secondary N) is 1. The predicted molar refractivity (Wildman–Crippen MR) is 88.5 cm³/mol. The van der Waals surface area contributed by atoms with Gasteiger partial charge in [-0.15, -0.1) is 21.5 Å². The summed E-state index contributed by atoms with van der Waals surface area (Å²) in [6, 6.07) is 0.165. The second-order valence-corrected chi connectivity index (χ2v) is 6.72. The summed E-state index contributed by atoms with van der Waals surface area (Å²) in [5, 5.41) is 17.3. The highest BCUT2D eigenvalue weighted by Crippen LogP contribution is 2.31. The van der Waals surface area contributed by atoms with Gasteiger partial charge in [0.05, 0.1) is 23.1 Å². The van der Waals surface area contributed by atoms with Crippen molar-refractivity contribution in [2.45, 2.75) is 47.1 Å². The van der Waals surface area contributed by atoms with Gasteiger partial charge in [0.25, 0.3) is 0 Å². The van der Waals surface area contributed by atoms with E-state index in [1.165, 1.54) is 4.88 Å². The monoisotopic (exact) mass is 316 g/mol. The van der Waals surface area contributed by atoms with Crippen LogP contribution in [0.15, 0.2) is 6.33 Å². The fourth-order valence-electron chi connectivity index (χ4n) is 2.38. The van der Waals surface area contributed by atoms with Crippen molar-refractivity contribution in [3.8, 4) is 0 Å². The Morgan fingerprint density at radius 2 is 2.00 bits per heavy atom. The Kier molecular flexibility index (Phi) is 3.82. The first-order chi connectivity index (χ1) is 10.5. The van der Waals surface area contributed by atoms with E-state index in [0.717, 1.165) is 39.7 Å². The molecule has 0 radical (unpaired) electrons. The van der Waals surface area contributed by atoms with Crippen LogP contribution in [0.25, 0.3) is 5.65 Å². The number of anilines is 1. The zero-order chi connectivity index (χ0) is 15.9. The minimum atomic E-state index is 0.165. The van der Waals surface area contributed by atoms with E-state index in [2.05, 4.69) is 48.3 Å². The maximum absolute atomic E-state index is 4.69. The van der Waals surface area contributed by atoms with Crippen LogP contribution in [0.4, 0.5) is 5.69 Å². The zero-order valence-corrected chi connectivity index (χ0v) is 14.3. The summed E-state index contributed by atoms with van der Waals surface area (Å²) in [5.41, 5.74) is 4.92. The molecule has 0 amide bonds. The summed E-state index contributed by atoms with van der Waals surface area (Å²) in [4.78, 5) is 5.96. The Hall–Kier alpha value is -2.02. The standard InChI is InChI=1S/C15H20N6S/c1-6-12(15-17-10(4)11(5)22-15)18-13-8(2)9(3)20-21-7-16-19-14(13)21/h7,12,18H,6H2,1-5H3. The number of hydrogen-bond donors (Lipinski definition) is 1. The van der Waals surface area contributed by atoms with E-state index >= 15 is 0 Å². The third-order valence-electron chi connectivity index (χ3n) is 4.00. The Balaban J connectivity index is 2.04. The molecule has 7 heteroatoms. The summed E-state index contributed by atoms with van der Waals surface area (Å²) >= 11 is 1.75. The lowest BCUT2D eigenvalue weighted by atomic mass is 10.1. The molecular weight excluding hydrogens is 296 g/mol. The van der Waals surface area contributed by atoms with E-state index in [-0.39, 0.29) is 6.04 Å². The molecule has 0 aromatic carbocycles. The topological polar surface area (TPSA) is 68.0 Å². The van der Waals surface area contributed by atoms with E-state index in [1.807, 2.05) is 6.92 Å². The molecule has 1 unspecified atom stereocenters. The predicted octanol–water partition coefficient (Wildman–Crippen LogP) is 3.38. The molecule has 1 N–H and O–H groups in total. The van der Waals surface area contributed by atoms with Gasteiger partial charge in [-0.25, -0.2) is 4.98 Å². The Bertz CT molecular complexity index is 799. The van der Waals surface area contributed by atoms with E-state index in [0.29, 0.717) is 0 Å². The van der Waals surface area contributed by atoms with Crippen LogP contribution < -0.4 is 5.32 Å². The van der Waals surface area contributed by atoms with E-state index < -0.39 is 0 Å². The van der Waals surface area contributed by atoms with Gasteiger partial charge in [0.2, 0.25) is 5.65 Å². The summed E-state index contributed by atoms with van der Waals surface area (Å²) in [5.74, 6) is 0. The molecule has 6 nitrogen and oxygen atoms in total. The molecule has 3 aromatic rings. The summed E-state index contributed by atoms with van der Waals surface area (Å²) in [7, 11) is 0. The number of rotatable bonds is 4. The van der Waals surface area contributed by atoms with Gasteiger partial charge in [-0.1, -0.05) is 6.92 Å². The fourth-order valence-corrected chi connectivity index (χ4v) is 3.44. The van der Waals surface area contributed by atoms with E-state index in [1.54, 1.807) is 22.2 Å². The molecule has 0 spiro atoms. The van der Waals surface area contributed by atoms with Crippen molar-refractivity contribution in [2.24, 2.45) is 0 Å². The average Bonchev–Trinajstić information content (AvgIpc) is 3.07. The highest BCUT2D eigenvalue weighted by Gasteiger charge is 2.19. The molecule has 3 aromatic heterocycles. The molecule has 3 rings (SSSR count). The molecule has 1 atom stereocenters. The van der Waals surface area contributed by atoms with Gasteiger partial charge in [-0.05, 0) is 39.7 Å². The van der Waals surface area contributed by atoms with Crippen molar-refractivity contribution in [1.82, 2.24) is 24.8 Å². The van der Waals surface area contributed by atoms with Crippen molar-refractivity contribution in [3.05, 3.63) is 33.2 Å². The van der Waals surface area contributed by atoms with Crippen LogP contribution in [0.1, 0.15) is 46.2 Å². The SMILES string of the molecule is CCC(Nc1c(C)c(C)nn2cnnc12)c1nc(C)c(C)s1. The molecule has 0 bridgehead atoms. The molecule has 116 valence electrons. The van der Waals surface area contributed by atoms with Crippen molar-refractivity contribution in [1.29, 1.82) is 0 Å². The van der Waals surface area contributed by atoms with E-state index in [4.69, 9.17) is 4.98 Å². The van der Waals surface area contributed by atoms with Crippen molar-refractivity contribution in [2.75, 3.05) is 5.32 Å². The van der Waals surface area contributed by atoms with Crippen molar-refractivity contribution < 1.29 is 0 Å². The Labute approximate surface area is 133 Å². The quantitative estimate of drug-likeness (QED) is 0.799. The first-order valence-electron chi connectivity index (χ1n) is 7.39. The molecule has 22 heavy (non-hydrogen) atoms. The summed E-state index contributed by atoms with van der Waals surface area (Å²) in [6.07, 6.45) is 2.58. The number of aryl methyl sites for hydroxylation is 3. The first kappa shape index (κ1) is 14.9. The Morgan fingerprint density at radius 3 is 2.64 bits per heavy atom. The third-order valence-corrected chi connectivity index (χ3v) is 5.19. The van der Waals surface area contributed by atoms with Crippen molar-refractivity contribution >= 4 is 22.7 Å². The smallest absolute Gasteiger partial charge is 0.200 e. The van der Waals surface area contributed by atoms with Crippen LogP contribution in [0.2, 0.25) is 0 Å². The first-order valence-corrected chi connectivity index (χ1v) is 8.20. The lowest BCUT2D eigenvalue weighted by Gasteiger charge is -2.18. The lowest BCUT2D eigenvalue weighted by Crippen LogP contribution is -2.13. The largest absolute Gasteiger partial charge is 0.372 e. The molecule has 3 heterocycles. The number of nitrogens with zero attached hydrogens (tertiary/aromatic N) is 5. The molecular formula is C15H20N6S. The second kappa shape index (κ2) is 5.64. The van der Waals surface area contributed by atoms with Crippen LogP contribution in [0.3, 0.4) is 0 Å². The fraction of sp³-hybridized carbons (Fsp3) is 0.467. The molecule has 0 saturated heterocycles. The van der Waals surface area contributed by atoms with Crippen LogP contribution >= 0.6 is 11.3 Å². The van der Waals surface area contributed by atoms with Gasteiger partial charge < -0.3 is 5.32 Å². The number of hydrogen-bond acceptors (Lipinski definition) is 6. The number of thiazole rings is 1. The molecule has 0 aliphatic heterocycles. The van der Waals surface area contributed by atoms with Gasteiger partial charge in [-0.3, -0.25) is 0 Å². The van der Waals surface area contributed by atoms with Crippen molar-refractivity contribution in [3.63, 3.8) is 0 Å². The summed E-state index contributed by atoms with van der Waals surface area (Å²) < 4.78 is 1.72. The van der Waals surface area contributed by atoms with Crippen LogP contribution in [0.5, 0.6) is 0 Å². The minimum absolute atomic E-state index is 0.165. The molecule has 0 aliphatic rings. The summed E-state index contributed by atoms with van der Waals surface area (Å²) in [6.45, 7) is 10.4. The number of aromatic nitrogens is 5. The molecule has 0 saturated carbocycles. The highest BCUT2D eigenvalue weighted by molar-refractivity contribution is 7.11. The van der Waals surface area contributed by atoms with Gasteiger partial charge in [0.15, 0.2) is 0 Å². The highest BCUT2D eigenvalue weighted by atomic mass is 32.1. The zero-order valence-electron chi connectivity index (χ0n) is 13.5. The average molecular weight is 316 g/mol. The van der Waals surface area contributed by atoms with E-state index in [9.17, 15) is 0 Å². The van der Waals surface area contributed by atoms with Gasteiger partial charge >= 0.3 is 0 Å². The third kappa shape index (κ3) is 2.45. The number of fused-ring (bicyclic) bond motifs is 1. The minimum Gasteiger partial charge on any atom is -0.372 e. The molecule has 0 fully saturated rings. The van der Waals surface area contributed by atoms with Crippen LogP contribution in [-0.2, 0) is 0 Å².